The summed E-state index contributed by atoms with van der Waals surface area (Å²) in [5.74, 6) is 0. The predicted octanol–water partition coefficient (Wildman–Crippen LogP) is 3.50. The van der Waals surface area contributed by atoms with E-state index in [0.717, 1.165) is 38.2 Å². The normalized spacial score (nSPS) is 10.7. The Morgan fingerprint density at radius 1 is 0.640 bits per heavy atom. The number of rotatable bonds is 10. The molecule has 0 spiro atoms. The molecule has 0 heterocycles. The molecule has 0 aliphatic carbocycles. The van der Waals surface area contributed by atoms with Crippen molar-refractivity contribution in [1.82, 2.24) is 0 Å². The zero-order valence-corrected chi connectivity index (χ0v) is 15.9. The van der Waals surface area contributed by atoms with Crippen LogP contribution in [-0.4, -0.2) is 32.8 Å². The van der Waals surface area contributed by atoms with Gasteiger partial charge in [-0.25, -0.2) is 0 Å². The fourth-order valence-corrected chi connectivity index (χ4v) is 3.20. The van der Waals surface area contributed by atoms with Crippen LogP contribution in [0.25, 0.3) is 0 Å². The van der Waals surface area contributed by atoms with E-state index in [1.54, 1.807) is 0 Å². The molecular weight excluding hydrogens is 308 g/mol. The first kappa shape index (κ1) is 19.3. The number of likely N-dealkylation sites (N-methyl/N-ethyl adjacent to an activating group) is 1. The minimum absolute atomic E-state index is 0.0565. The standard InChI is InChI=1S/C22H31N2O/c1-4-23(5-2)21-13-9-19(10-14-21)7-8-20-11-15-22(16-12-20)24(6-3)17-18-25/h9-16H,4-8,17-18H2,1-3H3/q-1. The van der Waals surface area contributed by atoms with Crippen molar-refractivity contribution in [3.05, 3.63) is 59.7 Å². The van der Waals surface area contributed by atoms with Crippen LogP contribution >= 0.6 is 0 Å². The SMILES string of the molecule is CCN(CC)c1ccc(CCc2ccc(N(CC)CC[O-])cc2)cc1. The molecule has 3 heteroatoms. The van der Waals surface area contributed by atoms with Crippen LogP contribution in [0.3, 0.4) is 0 Å². The van der Waals surface area contributed by atoms with Gasteiger partial charge in [0.2, 0.25) is 0 Å². The van der Waals surface area contributed by atoms with Crippen molar-refractivity contribution in [2.75, 3.05) is 42.6 Å². The molecule has 0 N–H and O–H groups in total. The zero-order valence-electron chi connectivity index (χ0n) is 15.9. The van der Waals surface area contributed by atoms with Crippen molar-refractivity contribution < 1.29 is 5.11 Å². The summed E-state index contributed by atoms with van der Waals surface area (Å²) in [5.41, 5.74) is 5.16. The molecule has 0 aliphatic rings. The summed E-state index contributed by atoms with van der Waals surface area (Å²) in [5, 5.41) is 10.9. The second-order valence-electron chi connectivity index (χ2n) is 6.29. The molecule has 3 nitrogen and oxygen atoms in total. The van der Waals surface area contributed by atoms with Gasteiger partial charge in [-0.1, -0.05) is 24.3 Å². The minimum atomic E-state index is -0.0565. The van der Waals surface area contributed by atoms with Gasteiger partial charge in [0.15, 0.2) is 0 Å². The highest BCUT2D eigenvalue weighted by Gasteiger charge is 2.04. The van der Waals surface area contributed by atoms with Gasteiger partial charge >= 0.3 is 0 Å². The summed E-state index contributed by atoms with van der Waals surface area (Å²) >= 11 is 0. The smallest absolute Gasteiger partial charge is 0.0366 e. The molecule has 0 fully saturated rings. The number of benzene rings is 2. The lowest BCUT2D eigenvalue weighted by molar-refractivity contribution is -0.363. The summed E-state index contributed by atoms with van der Waals surface area (Å²) in [7, 11) is 0. The molecule has 2 aromatic carbocycles. The third kappa shape index (κ3) is 5.50. The van der Waals surface area contributed by atoms with Crippen molar-refractivity contribution >= 4 is 11.4 Å². The number of aryl methyl sites for hydroxylation is 2. The Morgan fingerprint density at radius 2 is 1.04 bits per heavy atom. The molecule has 0 atom stereocenters. The lowest BCUT2D eigenvalue weighted by Gasteiger charge is -2.24. The van der Waals surface area contributed by atoms with E-state index < -0.39 is 0 Å². The molecule has 0 aliphatic heterocycles. The van der Waals surface area contributed by atoms with Gasteiger partial charge < -0.3 is 14.9 Å². The van der Waals surface area contributed by atoms with Gasteiger partial charge in [0.1, 0.15) is 0 Å². The zero-order chi connectivity index (χ0) is 18.1. The first-order chi connectivity index (χ1) is 12.2. The summed E-state index contributed by atoms with van der Waals surface area (Å²) < 4.78 is 0. The number of hydrogen-bond acceptors (Lipinski definition) is 3. The number of anilines is 2. The molecule has 0 aromatic heterocycles. The van der Waals surface area contributed by atoms with Crippen LogP contribution in [0.2, 0.25) is 0 Å². The Hall–Kier alpha value is -2.00. The average molecular weight is 340 g/mol. The molecule has 2 aromatic rings. The van der Waals surface area contributed by atoms with Gasteiger partial charge in [0.25, 0.3) is 0 Å². The highest BCUT2D eigenvalue weighted by atomic mass is 16.3. The van der Waals surface area contributed by atoms with E-state index in [9.17, 15) is 5.11 Å². The van der Waals surface area contributed by atoms with Crippen molar-refractivity contribution in [1.29, 1.82) is 0 Å². The summed E-state index contributed by atoms with van der Waals surface area (Å²) in [6.07, 6.45) is 2.09. The van der Waals surface area contributed by atoms with Gasteiger partial charge in [0, 0.05) is 37.6 Å². The van der Waals surface area contributed by atoms with Crippen molar-refractivity contribution in [3.8, 4) is 0 Å². The van der Waals surface area contributed by atoms with Crippen LogP contribution < -0.4 is 14.9 Å². The Labute approximate surface area is 152 Å². The summed E-state index contributed by atoms with van der Waals surface area (Å²) in [4.78, 5) is 4.49. The second kappa shape index (κ2) is 10.1. The second-order valence-corrected chi connectivity index (χ2v) is 6.29. The highest BCUT2D eigenvalue weighted by molar-refractivity contribution is 5.48. The average Bonchev–Trinajstić information content (AvgIpc) is 2.67. The van der Waals surface area contributed by atoms with E-state index in [1.807, 2.05) is 0 Å². The number of nitrogens with zero attached hydrogens (tertiary/aromatic N) is 2. The van der Waals surface area contributed by atoms with E-state index in [4.69, 9.17) is 0 Å². The van der Waals surface area contributed by atoms with Crippen LogP contribution in [0.5, 0.6) is 0 Å². The molecule has 2 rings (SSSR count). The molecule has 0 radical (unpaired) electrons. The fourth-order valence-electron chi connectivity index (χ4n) is 3.20. The Morgan fingerprint density at radius 3 is 1.40 bits per heavy atom. The van der Waals surface area contributed by atoms with Crippen LogP contribution in [0.4, 0.5) is 11.4 Å². The van der Waals surface area contributed by atoms with E-state index in [2.05, 4.69) is 79.1 Å². The van der Waals surface area contributed by atoms with Crippen LogP contribution in [0.1, 0.15) is 31.9 Å². The Balaban J connectivity index is 1.92. The van der Waals surface area contributed by atoms with Crippen LogP contribution in [0, 0.1) is 0 Å². The van der Waals surface area contributed by atoms with Gasteiger partial charge in [-0.3, -0.25) is 0 Å². The van der Waals surface area contributed by atoms with Crippen LogP contribution in [-0.2, 0) is 12.8 Å². The number of hydrogen-bond donors (Lipinski definition) is 0. The molecule has 25 heavy (non-hydrogen) atoms. The third-order valence-electron chi connectivity index (χ3n) is 4.81. The van der Waals surface area contributed by atoms with Gasteiger partial charge in [-0.2, -0.15) is 0 Å². The molecule has 0 saturated heterocycles. The largest absolute Gasteiger partial charge is 0.853 e. The molecular formula is C22H31N2O-. The molecule has 0 bridgehead atoms. The van der Waals surface area contributed by atoms with Gasteiger partial charge in [0.05, 0.1) is 0 Å². The Kier molecular flexibility index (Phi) is 7.80. The van der Waals surface area contributed by atoms with E-state index in [-0.39, 0.29) is 6.61 Å². The first-order valence-electron chi connectivity index (χ1n) is 9.47. The summed E-state index contributed by atoms with van der Waals surface area (Å²) in [6, 6.07) is 17.6. The van der Waals surface area contributed by atoms with Crippen molar-refractivity contribution in [2.24, 2.45) is 0 Å². The lowest BCUT2D eigenvalue weighted by atomic mass is 10.0. The van der Waals surface area contributed by atoms with Crippen molar-refractivity contribution in [3.63, 3.8) is 0 Å². The van der Waals surface area contributed by atoms with E-state index in [0.29, 0.717) is 6.54 Å². The molecule has 0 amide bonds. The van der Waals surface area contributed by atoms with Crippen LogP contribution in [0.15, 0.2) is 48.5 Å². The molecule has 0 saturated carbocycles. The minimum Gasteiger partial charge on any atom is -0.853 e. The van der Waals surface area contributed by atoms with Gasteiger partial charge in [-0.15, -0.1) is 6.61 Å². The quantitative estimate of drug-likeness (QED) is 0.663. The molecule has 0 unspecified atom stereocenters. The molecule has 136 valence electrons. The summed E-state index contributed by atoms with van der Waals surface area (Å²) in [6.45, 7) is 9.96. The highest BCUT2D eigenvalue weighted by Crippen LogP contribution is 2.18. The predicted molar refractivity (Wildman–Crippen MR) is 107 cm³/mol. The van der Waals surface area contributed by atoms with Crippen molar-refractivity contribution in [2.45, 2.75) is 33.6 Å². The monoisotopic (exact) mass is 339 g/mol. The van der Waals surface area contributed by atoms with E-state index in [1.165, 1.54) is 16.8 Å². The lowest BCUT2D eigenvalue weighted by Crippen LogP contribution is -2.30. The van der Waals surface area contributed by atoms with Gasteiger partial charge in [-0.05, 0) is 69.0 Å². The van der Waals surface area contributed by atoms with E-state index >= 15 is 0 Å². The Bertz CT molecular complexity index is 603. The first-order valence-corrected chi connectivity index (χ1v) is 9.47. The topological polar surface area (TPSA) is 29.5 Å². The third-order valence-corrected chi connectivity index (χ3v) is 4.81. The maximum Gasteiger partial charge on any atom is 0.0366 e. The fraction of sp³-hybridized carbons (Fsp3) is 0.455. The maximum atomic E-state index is 10.9. The maximum absolute atomic E-state index is 10.9.